The highest BCUT2D eigenvalue weighted by Crippen LogP contribution is 2.32. The highest BCUT2D eigenvalue weighted by atomic mass is 35.5. The first-order valence-corrected chi connectivity index (χ1v) is 16.0. The van der Waals surface area contributed by atoms with Crippen LogP contribution in [0.3, 0.4) is 0 Å². The summed E-state index contributed by atoms with van der Waals surface area (Å²) >= 11 is 6.16. The van der Waals surface area contributed by atoms with Gasteiger partial charge in [0.2, 0.25) is 15.9 Å². The number of carbonyl (C=O) groups excluding carboxylic acids is 1. The van der Waals surface area contributed by atoms with E-state index in [1.54, 1.807) is 13.1 Å². The molecule has 0 saturated carbocycles. The maximum absolute atomic E-state index is 13.6. The van der Waals surface area contributed by atoms with Crippen LogP contribution in [-0.2, 0) is 21.9 Å². The van der Waals surface area contributed by atoms with Crippen LogP contribution in [-0.4, -0.2) is 72.3 Å². The van der Waals surface area contributed by atoms with E-state index in [-0.39, 0.29) is 29.0 Å². The minimum absolute atomic E-state index is 0.00168. The van der Waals surface area contributed by atoms with Gasteiger partial charge >= 0.3 is 5.76 Å². The van der Waals surface area contributed by atoms with Gasteiger partial charge in [0.1, 0.15) is 0 Å². The van der Waals surface area contributed by atoms with Crippen molar-refractivity contribution in [2.75, 3.05) is 39.3 Å². The number of carbonyl (C=O) groups is 1. The normalized spacial score (nSPS) is 19.7. The van der Waals surface area contributed by atoms with Crippen LogP contribution >= 0.6 is 11.6 Å². The number of hydrogen-bond donors (Lipinski definition) is 0. The summed E-state index contributed by atoms with van der Waals surface area (Å²) in [6.07, 6.45) is 1.25. The fourth-order valence-corrected chi connectivity index (χ4v) is 7.80. The highest BCUT2D eigenvalue weighted by molar-refractivity contribution is 7.89. The van der Waals surface area contributed by atoms with Crippen molar-refractivity contribution >= 4 is 38.6 Å². The van der Waals surface area contributed by atoms with Gasteiger partial charge in [-0.25, -0.2) is 13.2 Å². The number of halogens is 1. The van der Waals surface area contributed by atoms with Crippen LogP contribution in [0.5, 0.6) is 0 Å². The molecule has 2 fully saturated rings. The van der Waals surface area contributed by atoms with Gasteiger partial charge in [-0.15, -0.1) is 0 Å². The molecule has 2 saturated heterocycles. The second-order valence-electron chi connectivity index (χ2n) is 11.0. The van der Waals surface area contributed by atoms with E-state index in [2.05, 4.69) is 29.2 Å². The van der Waals surface area contributed by atoms with E-state index in [0.717, 1.165) is 5.56 Å². The van der Waals surface area contributed by atoms with Crippen molar-refractivity contribution in [3.8, 4) is 0 Å². The van der Waals surface area contributed by atoms with E-state index in [1.807, 2.05) is 35.2 Å². The van der Waals surface area contributed by atoms with Crippen LogP contribution in [0.25, 0.3) is 11.1 Å². The molecule has 2 unspecified atom stereocenters. The largest absolute Gasteiger partial charge is 0.419 e. The second-order valence-corrected chi connectivity index (χ2v) is 13.4. The number of piperazine rings is 1. The lowest BCUT2D eigenvalue weighted by Crippen LogP contribution is -2.53. The van der Waals surface area contributed by atoms with Gasteiger partial charge in [0, 0.05) is 57.4 Å². The molecule has 3 heterocycles. The summed E-state index contributed by atoms with van der Waals surface area (Å²) in [5, 5.41) is 0.691. The molecule has 3 aromatic carbocycles. The van der Waals surface area contributed by atoms with Crippen LogP contribution in [0.15, 0.2) is 86.9 Å². The molecule has 0 spiro atoms. The Balaban J connectivity index is 1.14. The van der Waals surface area contributed by atoms with Gasteiger partial charge in [0.05, 0.1) is 22.4 Å². The lowest BCUT2D eigenvalue weighted by Gasteiger charge is -2.41. The summed E-state index contributed by atoms with van der Waals surface area (Å²) in [6, 6.07) is 22.7. The Morgan fingerprint density at radius 1 is 0.929 bits per heavy atom. The van der Waals surface area contributed by atoms with E-state index >= 15 is 0 Å². The lowest BCUT2D eigenvalue weighted by molar-refractivity contribution is -0.138. The van der Waals surface area contributed by atoms with Gasteiger partial charge in [0.15, 0.2) is 5.58 Å². The Bertz CT molecular complexity index is 1750. The van der Waals surface area contributed by atoms with Crippen LogP contribution < -0.4 is 5.76 Å². The second kappa shape index (κ2) is 11.7. The molecule has 2 aliphatic heterocycles. The molecule has 220 valence electrons. The van der Waals surface area contributed by atoms with Crippen molar-refractivity contribution in [2.24, 2.45) is 13.0 Å². The number of aryl methyl sites for hydroxylation is 1. The Kier molecular flexibility index (Phi) is 7.97. The Morgan fingerprint density at radius 2 is 1.62 bits per heavy atom. The molecule has 0 radical (unpaired) electrons. The first-order chi connectivity index (χ1) is 20.2. The molecule has 2 aliphatic rings. The minimum atomic E-state index is -3.86. The average Bonchev–Trinajstić information content (AvgIpc) is 3.31. The average molecular weight is 609 g/mol. The zero-order valence-electron chi connectivity index (χ0n) is 23.4. The molecule has 2 atom stereocenters. The third-order valence-corrected chi connectivity index (χ3v) is 10.5. The number of hydrogen-bond acceptors (Lipinski definition) is 6. The van der Waals surface area contributed by atoms with Crippen molar-refractivity contribution in [3.63, 3.8) is 0 Å². The van der Waals surface area contributed by atoms with Gasteiger partial charge in [-0.3, -0.25) is 14.3 Å². The Morgan fingerprint density at radius 3 is 2.33 bits per heavy atom. The minimum Gasteiger partial charge on any atom is -0.408 e. The summed E-state index contributed by atoms with van der Waals surface area (Å²) in [7, 11) is -2.29. The molecule has 11 heteroatoms. The van der Waals surface area contributed by atoms with Gasteiger partial charge in [0.25, 0.3) is 0 Å². The molecule has 6 rings (SSSR count). The van der Waals surface area contributed by atoms with Gasteiger partial charge < -0.3 is 9.32 Å². The first kappa shape index (κ1) is 28.7. The highest BCUT2D eigenvalue weighted by Gasteiger charge is 2.37. The molecule has 0 N–H and O–H groups in total. The number of oxazole rings is 1. The number of rotatable bonds is 6. The van der Waals surface area contributed by atoms with Crippen molar-refractivity contribution < 1.29 is 17.6 Å². The predicted molar refractivity (Wildman–Crippen MR) is 161 cm³/mol. The number of amides is 1. The third-order valence-electron chi connectivity index (χ3n) is 8.43. The van der Waals surface area contributed by atoms with E-state index in [9.17, 15) is 18.0 Å². The molecular formula is C31H33ClN4O5S. The van der Waals surface area contributed by atoms with Crippen LogP contribution in [0.2, 0.25) is 5.02 Å². The molecular weight excluding hydrogens is 576 g/mol. The smallest absolute Gasteiger partial charge is 0.408 e. The standard InChI is InChI=1S/C31H33ClN4O5S/c1-33-27-14-13-26(20-28(27)41-31(33)38)42(39,40)36-15-5-8-24(21-36)30(37)35-18-16-34(17-19-35)29(22-6-3-2-4-7-22)23-9-11-25(32)12-10-23/h2-4,6-7,9-14,20,24,29H,5,8,15-19,21H2,1H3. The molecule has 0 bridgehead atoms. The van der Waals surface area contributed by atoms with E-state index in [4.69, 9.17) is 16.0 Å². The number of nitrogens with zero attached hydrogens (tertiary/aromatic N) is 4. The van der Waals surface area contributed by atoms with Crippen molar-refractivity contribution in [3.05, 3.63) is 99.5 Å². The Hall–Kier alpha value is -3.44. The fraction of sp³-hybridized carbons (Fsp3) is 0.355. The number of benzene rings is 3. The summed E-state index contributed by atoms with van der Waals surface area (Å²) in [5.74, 6) is -0.951. The van der Waals surface area contributed by atoms with E-state index in [1.165, 1.54) is 26.6 Å². The van der Waals surface area contributed by atoms with Gasteiger partial charge in [-0.1, -0.05) is 54.1 Å². The number of fused-ring (bicyclic) bond motifs is 1. The number of aromatic nitrogens is 1. The molecule has 9 nitrogen and oxygen atoms in total. The zero-order chi connectivity index (χ0) is 29.4. The molecule has 1 aromatic heterocycles. The maximum Gasteiger partial charge on any atom is 0.419 e. The summed E-state index contributed by atoms with van der Waals surface area (Å²) in [6.45, 7) is 3.02. The number of piperidine rings is 1. The maximum atomic E-state index is 13.6. The zero-order valence-corrected chi connectivity index (χ0v) is 24.9. The molecule has 0 aliphatic carbocycles. The monoisotopic (exact) mass is 608 g/mol. The van der Waals surface area contributed by atoms with E-state index < -0.39 is 21.7 Å². The van der Waals surface area contributed by atoms with Crippen LogP contribution in [0.1, 0.15) is 30.0 Å². The number of sulfonamides is 1. The van der Waals surface area contributed by atoms with Gasteiger partial charge in [-0.2, -0.15) is 4.31 Å². The third kappa shape index (κ3) is 5.51. The van der Waals surface area contributed by atoms with Crippen molar-refractivity contribution in [1.82, 2.24) is 18.7 Å². The first-order valence-electron chi connectivity index (χ1n) is 14.2. The molecule has 42 heavy (non-hydrogen) atoms. The molecule has 1 amide bonds. The SMILES string of the molecule is Cn1c(=O)oc2cc(S(=O)(=O)N3CCCC(C(=O)N4CCN(C(c5ccccc5)c5ccc(Cl)cc5)CC4)C3)ccc21. The van der Waals surface area contributed by atoms with Crippen LogP contribution in [0, 0.1) is 5.92 Å². The topological polar surface area (TPSA) is 96.1 Å². The predicted octanol–water partition coefficient (Wildman–Crippen LogP) is 4.12. The summed E-state index contributed by atoms with van der Waals surface area (Å²) < 4.78 is 35.0. The lowest BCUT2D eigenvalue weighted by atomic mass is 9.95. The van der Waals surface area contributed by atoms with Crippen LogP contribution in [0.4, 0.5) is 0 Å². The fourth-order valence-electron chi connectivity index (χ4n) is 6.14. The van der Waals surface area contributed by atoms with E-state index in [0.29, 0.717) is 56.1 Å². The summed E-state index contributed by atoms with van der Waals surface area (Å²) in [5.41, 5.74) is 3.07. The van der Waals surface area contributed by atoms with Gasteiger partial charge in [-0.05, 0) is 48.2 Å². The summed E-state index contributed by atoms with van der Waals surface area (Å²) in [4.78, 5) is 29.8. The van der Waals surface area contributed by atoms with Crippen molar-refractivity contribution in [2.45, 2.75) is 23.8 Å². The Labute approximate surface area is 249 Å². The quantitative estimate of drug-likeness (QED) is 0.327. The molecule has 4 aromatic rings. The van der Waals surface area contributed by atoms with Crippen molar-refractivity contribution in [1.29, 1.82) is 0 Å².